The minimum atomic E-state index is -0.368. The maximum Gasteiger partial charge on any atom is 0.343 e. The lowest BCUT2D eigenvalue weighted by Gasteiger charge is -2.08. The normalized spacial score (nSPS) is 10.9. The molecule has 0 aliphatic rings. The van der Waals surface area contributed by atoms with E-state index in [1.54, 1.807) is 12.3 Å². The first-order chi connectivity index (χ1) is 18.2. The molecule has 1 heterocycles. The molecule has 0 N–H and O–H groups in total. The van der Waals surface area contributed by atoms with Crippen LogP contribution in [-0.2, 0) is 6.42 Å². The molecule has 2 aromatic carbocycles. The number of aryl methyl sites for hydroxylation is 1. The monoisotopic (exact) mass is 501 g/mol. The first-order valence-corrected chi connectivity index (χ1v) is 14.2. The molecule has 0 aliphatic heterocycles. The molecule has 0 radical (unpaired) electrons. The number of carbonyl (C=O) groups excluding carboxylic acids is 1. The van der Waals surface area contributed by atoms with Crippen molar-refractivity contribution < 1.29 is 14.3 Å². The minimum Gasteiger partial charge on any atom is -0.494 e. The topological polar surface area (TPSA) is 48.4 Å². The number of hydrogen-bond donors (Lipinski definition) is 0. The fraction of sp³-hybridized carbons (Fsp3) is 0.455. The van der Waals surface area contributed by atoms with Gasteiger partial charge in [0.2, 0.25) is 0 Å². The summed E-state index contributed by atoms with van der Waals surface area (Å²) >= 11 is 0. The number of unbranched alkanes of at least 4 members (excludes halogenated alkanes) is 9. The summed E-state index contributed by atoms with van der Waals surface area (Å²) in [6, 6.07) is 19.4. The van der Waals surface area contributed by atoms with Crippen molar-refractivity contribution in [3.05, 3.63) is 78.0 Å². The molecular weight excluding hydrogens is 458 g/mol. The number of nitrogens with zero attached hydrogens (tertiary/aromatic N) is 1. The number of pyridine rings is 1. The molecule has 0 aliphatic carbocycles. The summed E-state index contributed by atoms with van der Waals surface area (Å²) in [5, 5.41) is 0. The molecule has 3 rings (SSSR count). The van der Waals surface area contributed by atoms with E-state index in [4.69, 9.17) is 9.47 Å². The number of benzene rings is 2. The average Bonchev–Trinajstić information content (AvgIpc) is 2.93. The van der Waals surface area contributed by atoms with Crippen LogP contribution in [-0.4, -0.2) is 17.6 Å². The zero-order valence-electron chi connectivity index (χ0n) is 22.7. The van der Waals surface area contributed by atoms with Gasteiger partial charge in [0.1, 0.15) is 11.5 Å². The molecule has 198 valence electrons. The average molecular weight is 502 g/mol. The van der Waals surface area contributed by atoms with Crippen molar-refractivity contribution >= 4 is 5.97 Å². The molecule has 0 atom stereocenters. The van der Waals surface area contributed by atoms with Crippen LogP contribution in [0.5, 0.6) is 11.5 Å². The van der Waals surface area contributed by atoms with E-state index in [2.05, 4.69) is 18.8 Å². The Morgan fingerprint density at radius 3 is 1.95 bits per heavy atom. The van der Waals surface area contributed by atoms with Gasteiger partial charge in [0, 0.05) is 5.56 Å². The zero-order valence-corrected chi connectivity index (χ0v) is 22.7. The molecule has 1 aromatic heterocycles. The van der Waals surface area contributed by atoms with Crippen molar-refractivity contribution in [2.24, 2.45) is 0 Å². The van der Waals surface area contributed by atoms with E-state index in [0.29, 0.717) is 11.3 Å². The maximum absolute atomic E-state index is 12.5. The summed E-state index contributed by atoms with van der Waals surface area (Å²) in [4.78, 5) is 17.0. The van der Waals surface area contributed by atoms with Crippen LogP contribution in [0.15, 0.2) is 66.9 Å². The van der Waals surface area contributed by atoms with Gasteiger partial charge in [-0.15, -0.1) is 0 Å². The highest BCUT2D eigenvalue weighted by Gasteiger charge is 2.10. The third kappa shape index (κ3) is 10.4. The largest absolute Gasteiger partial charge is 0.494 e. The van der Waals surface area contributed by atoms with Crippen molar-refractivity contribution in [2.75, 3.05) is 6.61 Å². The first-order valence-electron chi connectivity index (χ1n) is 14.2. The number of hydrogen-bond acceptors (Lipinski definition) is 4. The van der Waals surface area contributed by atoms with Gasteiger partial charge in [0.15, 0.2) is 0 Å². The van der Waals surface area contributed by atoms with E-state index in [1.165, 1.54) is 69.8 Å². The molecule has 37 heavy (non-hydrogen) atoms. The van der Waals surface area contributed by atoms with Crippen molar-refractivity contribution in [3.8, 4) is 22.8 Å². The second-order valence-corrected chi connectivity index (χ2v) is 9.77. The minimum absolute atomic E-state index is 0.368. The van der Waals surface area contributed by atoms with Crippen LogP contribution in [0.3, 0.4) is 0 Å². The highest BCUT2D eigenvalue weighted by atomic mass is 16.5. The van der Waals surface area contributed by atoms with E-state index in [0.717, 1.165) is 36.5 Å². The van der Waals surface area contributed by atoms with Crippen LogP contribution in [0, 0.1) is 0 Å². The van der Waals surface area contributed by atoms with Crippen molar-refractivity contribution in [1.29, 1.82) is 0 Å². The van der Waals surface area contributed by atoms with Gasteiger partial charge >= 0.3 is 5.97 Å². The standard InChI is InChI=1S/C33H43NO3/c1-3-5-7-8-9-10-11-13-25-36-30-21-19-28(20-22-30)32-24-23-31(26-34-32)37-33(35)29-17-15-27(16-18-29)14-12-6-4-2/h15-24,26H,3-14,25H2,1-2H3. The molecular formula is C33H43NO3. The zero-order chi connectivity index (χ0) is 26.1. The highest BCUT2D eigenvalue weighted by Crippen LogP contribution is 2.23. The first kappa shape index (κ1) is 28.4. The van der Waals surface area contributed by atoms with Crippen LogP contribution < -0.4 is 9.47 Å². The predicted molar refractivity (Wildman–Crippen MR) is 152 cm³/mol. The summed E-state index contributed by atoms with van der Waals surface area (Å²) < 4.78 is 11.4. The van der Waals surface area contributed by atoms with E-state index < -0.39 is 0 Å². The smallest absolute Gasteiger partial charge is 0.343 e. The van der Waals surface area contributed by atoms with Gasteiger partial charge in [0.05, 0.1) is 24.1 Å². The summed E-state index contributed by atoms with van der Waals surface area (Å²) in [5.41, 5.74) is 3.62. The van der Waals surface area contributed by atoms with Crippen molar-refractivity contribution in [1.82, 2.24) is 4.98 Å². The van der Waals surface area contributed by atoms with Crippen LogP contribution >= 0.6 is 0 Å². The number of aromatic nitrogens is 1. The van der Waals surface area contributed by atoms with E-state index in [1.807, 2.05) is 54.6 Å². The Labute approximate surface area is 223 Å². The SMILES string of the molecule is CCCCCCCCCCOc1ccc(-c2ccc(OC(=O)c3ccc(CCCCC)cc3)cn2)cc1. The molecule has 3 aromatic rings. The van der Waals surface area contributed by atoms with Crippen LogP contribution in [0.2, 0.25) is 0 Å². The molecule has 0 fully saturated rings. The second kappa shape index (κ2) is 16.6. The molecule has 0 bridgehead atoms. The van der Waals surface area contributed by atoms with Crippen LogP contribution in [0.4, 0.5) is 0 Å². The molecule has 0 saturated carbocycles. The fourth-order valence-corrected chi connectivity index (χ4v) is 4.31. The number of ether oxygens (including phenoxy) is 2. The maximum atomic E-state index is 12.5. The Hall–Kier alpha value is -3.14. The fourth-order valence-electron chi connectivity index (χ4n) is 4.31. The quantitative estimate of drug-likeness (QED) is 0.137. The summed E-state index contributed by atoms with van der Waals surface area (Å²) in [6.45, 7) is 5.21. The molecule has 0 saturated heterocycles. The van der Waals surface area contributed by atoms with Gasteiger partial charge in [0.25, 0.3) is 0 Å². The van der Waals surface area contributed by atoms with E-state index in [-0.39, 0.29) is 5.97 Å². The Bertz CT molecular complexity index is 1030. The Morgan fingerprint density at radius 1 is 0.676 bits per heavy atom. The lowest BCUT2D eigenvalue weighted by Crippen LogP contribution is -2.08. The Morgan fingerprint density at radius 2 is 1.30 bits per heavy atom. The molecule has 0 spiro atoms. The van der Waals surface area contributed by atoms with Crippen LogP contribution in [0.1, 0.15) is 100 Å². The Balaban J connectivity index is 1.40. The van der Waals surface area contributed by atoms with Gasteiger partial charge < -0.3 is 9.47 Å². The van der Waals surface area contributed by atoms with Crippen LogP contribution in [0.25, 0.3) is 11.3 Å². The van der Waals surface area contributed by atoms with Gasteiger partial charge in [-0.25, -0.2) is 4.79 Å². The Kier molecular flexibility index (Phi) is 12.7. The van der Waals surface area contributed by atoms with E-state index in [9.17, 15) is 4.79 Å². The van der Waals surface area contributed by atoms with Gasteiger partial charge in [-0.3, -0.25) is 4.98 Å². The molecule has 4 heteroatoms. The van der Waals surface area contributed by atoms with Crippen molar-refractivity contribution in [3.63, 3.8) is 0 Å². The number of carbonyl (C=O) groups is 1. The summed E-state index contributed by atoms with van der Waals surface area (Å²) in [7, 11) is 0. The molecule has 4 nitrogen and oxygen atoms in total. The number of rotatable bonds is 17. The summed E-state index contributed by atoms with van der Waals surface area (Å²) in [6.07, 6.45) is 16.6. The third-order valence-electron chi connectivity index (χ3n) is 6.62. The van der Waals surface area contributed by atoms with Gasteiger partial charge in [-0.1, -0.05) is 83.8 Å². The second-order valence-electron chi connectivity index (χ2n) is 9.77. The van der Waals surface area contributed by atoms with E-state index >= 15 is 0 Å². The van der Waals surface area contributed by atoms with Gasteiger partial charge in [-0.05, 0) is 73.4 Å². The third-order valence-corrected chi connectivity index (χ3v) is 6.62. The lowest BCUT2D eigenvalue weighted by atomic mass is 10.1. The van der Waals surface area contributed by atoms with Gasteiger partial charge in [-0.2, -0.15) is 0 Å². The highest BCUT2D eigenvalue weighted by molar-refractivity contribution is 5.91. The lowest BCUT2D eigenvalue weighted by molar-refractivity contribution is 0.0734. The summed E-state index contributed by atoms with van der Waals surface area (Å²) in [5.74, 6) is 0.951. The molecule has 0 amide bonds. The number of esters is 1. The predicted octanol–water partition coefficient (Wildman–Crippen LogP) is 9.22. The molecule has 0 unspecified atom stereocenters. The van der Waals surface area contributed by atoms with Crippen molar-refractivity contribution in [2.45, 2.75) is 90.9 Å².